The number of amides is 1. The Bertz CT molecular complexity index is 821. The van der Waals surface area contributed by atoms with Gasteiger partial charge in [0.15, 0.2) is 0 Å². The molecule has 0 atom stereocenters. The molecule has 1 aromatic heterocycles. The highest BCUT2D eigenvalue weighted by molar-refractivity contribution is 6.00. The first kappa shape index (κ1) is 19.0. The van der Waals surface area contributed by atoms with E-state index < -0.39 is 17.9 Å². The van der Waals surface area contributed by atoms with Crippen molar-refractivity contribution in [2.24, 2.45) is 0 Å². The van der Waals surface area contributed by atoms with Crippen LogP contribution in [0.4, 0.5) is 13.2 Å². The third-order valence-corrected chi connectivity index (χ3v) is 3.14. The van der Waals surface area contributed by atoms with Gasteiger partial charge >= 0.3 is 6.18 Å². The number of pyridine rings is 1. The highest BCUT2D eigenvalue weighted by atomic mass is 19.4. The van der Waals surface area contributed by atoms with Gasteiger partial charge in [-0.1, -0.05) is 12.1 Å². The SMILES string of the molecule is COc1cccc(C(=O)NN/C(=C/C(=O)C(F)(F)F)c2ccccn2)c1. The molecule has 0 spiro atoms. The summed E-state index contributed by atoms with van der Waals surface area (Å²) in [7, 11) is 1.43. The van der Waals surface area contributed by atoms with E-state index >= 15 is 0 Å². The molecule has 2 rings (SSSR count). The number of benzene rings is 1. The number of rotatable bonds is 6. The lowest BCUT2D eigenvalue weighted by atomic mass is 10.2. The summed E-state index contributed by atoms with van der Waals surface area (Å²) >= 11 is 0. The number of aromatic nitrogens is 1. The smallest absolute Gasteiger partial charge is 0.454 e. The molecule has 136 valence electrons. The van der Waals surface area contributed by atoms with Crippen molar-refractivity contribution in [1.82, 2.24) is 15.8 Å². The van der Waals surface area contributed by atoms with E-state index in [-0.39, 0.29) is 17.0 Å². The van der Waals surface area contributed by atoms with Crippen LogP contribution in [0.2, 0.25) is 0 Å². The summed E-state index contributed by atoms with van der Waals surface area (Å²) < 4.78 is 42.6. The lowest BCUT2D eigenvalue weighted by Crippen LogP contribution is -2.37. The van der Waals surface area contributed by atoms with E-state index in [4.69, 9.17) is 4.74 Å². The van der Waals surface area contributed by atoms with Crippen molar-refractivity contribution in [2.75, 3.05) is 7.11 Å². The molecule has 6 nitrogen and oxygen atoms in total. The van der Waals surface area contributed by atoms with Crippen LogP contribution in [0.1, 0.15) is 16.1 Å². The van der Waals surface area contributed by atoms with Crippen LogP contribution in [0, 0.1) is 0 Å². The summed E-state index contributed by atoms with van der Waals surface area (Å²) in [6, 6.07) is 10.6. The Hall–Kier alpha value is -3.36. The van der Waals surface area contributed by atoms with E-state index in [9.17, 15) is 22.8 Å². The van der Waals surface area contributed by atoms with Crippen molar-refractivity contribution in [3.63, 3.8) is 0 Å². The molecule has 0 saturated carbocycles. The molecule has 0 bridgehead atoms. The highest BCUT2D eigenvalue weighted by Crippen LogP contribution is 2.19. The highest BCUT2D eigenvalue weighted by Gasteiger charge is 2.37. The predicted molar refractivity (Wildman–Crippen MR) is 86.9 cm³/mol. The van der Waals surface area contributed by atoms with E-state index in [1.165, 1.54) is 37.6 Å². The molecule has 9 heteroatoms. The molecule has 1 aromatic carbocycles. The van der Waals surface area contributed by atoms with Crippen molar-refractivity contribution in [2.45, 2.75) is 6.18 Å². The molecule has 0 aliphatic rings. The first-order chi connectivity index (χ1) is 12.3. The number of ketones is 1. The molecule has 0 saturated heterocycles. The van der Waals surface area contributed by atoms with Gasteiger partial charge in [-0.2, -0.15) is 13.2 Å². The maximum absolute atomic E-state index is 12.5. The summed E-state index contributed by atoms with van der Waals surface area (Å²) in [6.07, 6.45) is -3.38. The number of methoxy groups -OCH3 is 1. The standard InChI is InChI=1S/C17H14F3N3O3/c1-26-12-6-4-5-11(9-12)16(25)23-22-14(10-15(24)17(18,19)20)13-7-2-3-8-21-13/h2-10,22H,1H3,(H,23,25)/b14-10+. The number of hydrazine groups is 1. The molecular formula is C17H14F3N3O3. The number of hydrogen-bond donors (Lipinski definition) is 2. The topological polar surface area (TPSA) is 80.3 Å². The molecule has 0 unspecified atom stereocenters. The van der Waals surface area contributed by atoms with Crippen LogP contribution in [-0.2, 0) is 4.79 Å². The van der Waals surface area contributed by atoms with Gasteiger partial charge in [-0.3, -0.25) is 25.4 Å². The van der Waals surface area contributed by atoms with E-state index in [1.807, 2.05) is 0 Å². The fraction of sp³-hybridized carbons (Fsp3) is 0.118. The first-order valence-corrected chi connectivity index (χ1v) is 7.26. The number of nitrogens with zero attached hydrogens (tertiary/aromatic N) is 1. The van der Waals surface area contributed by atoms with Gasteiger partial charge in [-0.25, -0.2) is 0 Å². The van der Waals surface area contributed by atoms with E-state index in [1.54, 1.807) is 18.2 Å². The van der Waals surface area contributed by atoms with Crippen LogP contribution in [0.15, 0.2) is 54.7 Å². The Kier molecular flexibility index (Phi) is 5.94. The Morgan fingerprint density at radius 3 is 2.50 bits per heavy atom. The van der Waals surface area contributed by atoms with Gasteiger partial charge in [0.05, 0.1) is 18.5 Å². The number of nitrogens with one attached hydrogen (secondary N) is 2. The average Bonchev–Trinajstić information content (AvgIpc) is 2.64. The van der Waals surface area contributed by atoms with Gasteiger partial charge in [0, 0.05) is 17.8 Å². The lowest BCUT2D eigenvalue weighted by Gasteiger charge is -2.13. The zero-order valence-corrected chi connectivity index (χ0v) is 13.5. The summed E-state index contributed by atoms with van der Waals surface area (Å²) in [4.78, 5) is 27.3. The summed E-state index contributed by atoms with van der Waals surface area (Å²) in [5.74, 6) is -2.28. The Morgan fingerprint density at radius 2 is 1.88 bits per heavy atom. The minimum atomic E-state index is -5.04. The second-order valence-corrected chi connectivity index (χ2v) is 4.95. The van der Waals surface area contributed by atoms with Crippen LogP contribution in [-0.4, -0.2) is 30.0 Å². The van der Waals surface area contributed by atoms with Gasteiger partial charge in [0.1, 0.15) is 5.75 Å². The quantitative estimate of drug-likeness (QED) is 0.607. The number of halogens is 3. The van der Waals surface area contributed by atoms with Gasteiger partial charge in [-0.15, -0.1) is 0 Å². The first-order valence-electron chi connectivity index (χ1n) is 7.26. The predicted octanol–water partition coefficient (Wildman–Crippen LogP) is 2.50. The zero-order valence-electron chi connectivity index (χ0n) is 13.5. The fourth-order valence-corrected chi connectivity index (χ4v) is 1.87. The van der Waals surface area contributed by atoms with Crippen LogP contribution >= 0.6 is 0 Å². The average molecular weight is 365 g/mol. The van der Waals surface area contributed by atoms with E-state index in [0.717, 1.165) is 0 Å². The van der Waals surface area contributed by atoms with Crippen molar-refractivity contribution in [3.05, 3.63) is 66.0 Å². The monoisotopic (exact) mass is 365 g/mol. The summed E-state index contributed by atoms with van der Waals surface area (Å²) in [5, 5.41) is 0. The van der Waals surface area contributed by atoms with Crippen molar-refractivity contribution < 1.29 is 27.5 Å². The molecule has 0 aliphatic carbocycles. The van der Waals surface area contributed by atoms with Gasteiger partial charge < -0.3 is 4.74 Å². The number of allylic oxidation sites excluding steroid dienone is 1. The Labute approximate surface area is 146 Å². The third kappa shape index (κ3) is 5.07. The van der Waals surface area contributed by atoms with Gasteiger partial charge in [-0.05, 0) is 30.3 Å². The number of carbonyl (C=O) groups excluding carboxylic acids is 2. The molecule has 2 N–H and O–H groups in total. The van der Waals surface area contributed by atoms with Crippen LogP contribution in [0.5, 0.6) is 5.75 Å². The molecule has 0 radical (unpaired) electrons. The van der Waals surface area contributed by atoms with Crippen LogP contribution in [0.3, 0.4) is 0 Å². The van der Waals surface area contributed by atoms with Crippen LogP contribution in [0.25, 0.3) is 5.70 Å². The molecular weight excluding hydrogens is 351 g/mol. The van der Waals surface area contributed by atoms with Gasteiger partial charge in [0.2, 0.25) is 0 Å². The largest absolute Gasteiger partial charge is 0.497 e. The van der Waals surface area contributed by atoms with Crippen molar-refractivity contribution >= 4 is 17.4 Å². The minimum Gasteiger partial charge on any atom is -0.497 e. The molecule has 0 aliphatic heterocycles. The van der Waals surface area contributed by atoms with Crippen molar-refractivity contribution in [3.8, 4) is 5.75 Å². The zero-order chi connectivity index (χ0) is 19.2. The summed E-state index contributed by atoms with van der Waals surface area (Å²) in [6.45, 7) is 0. The fourth-order valence-electron chi connectivity index (χ4n) is 1.87. The number of hydrogen-bond acceptors (Lipinski definition) is 5. The van der Waals surface area contributed by atoms with Gasteiger partial charge in [0.25, 0.3) is 11.7 Å². The third-order valence-electron chi connectivity index (χ3n) is 3.14. The Morgan fingerprint density at radius 1 is 1.12 bits per heavy atom. The second kappa shape index (κ2) is 8.15. The molecule has 0 fully saturated rings. The number of ether oxygens (including phenoxy) is 1. The van der Waals surface area contributed by atoms with E-state index in [2.05, 4.69) is 15.8 Å². The second-order valence-electron chi connectivity index (χ2n) is 4.95. The van der Waals surface area contributed by atoms with Crippen LogP contribution < -0.4 is 15.6 Å². The molecule has 1 heterocycles. The van der Waals surface area contributed by atoms with Crippen molar-refractivity contribution in [1.29, 1.82) is 0 Å². The molecule has 26 heavy (non-hydrogen) atoms. The molecule has 2 aromatic rings. The lowest BCUT2D eigenvalue weighted by molar-refractivity contribution is -0.165. The van der Waals surface area contributed by atoms with E-state index in [0.29, 0.717) is 11.8 Å². The normalized spacial score (nSPS) is 11.6. The number of alkyl halides is 3. The maximum atomic E-state index is 12.5. The minimum absolute atomic E-state index is 0.0519. The summed E-state index contributed by atoms with van der Waals surface area (Å²) in [5.41, 5.74) is 4.50. The number of carbonyl (C=O) groups is 2. The Balaban J connectivity index is 2.20. The maximum Gasteiger partial charge on any atom is 0.454 e. The molecule has 1 amide bonds.